The minimum absolute atomic E-state index is 0. The van der Waals surface area contributed by atoms with E-state index in [1.165, 1.54) is 7.11 Å². The van der Waals surface area contributed by atoms with Crippen LogP contribution in [0.1, 0.15) is 46.1 Å². The number of aliphatic imine (C=N–C) groups is 1. The van der Waals surface area contributed by atoms with Crippen molar-refractivity contribution in [3.05, 3.63) is 29.8 Å². The Hall–Kier alpha value is -0.910. The van der Waals surface area contributed by atoms with Crippen molar-refractivity contribution in [2.45, 2.75) is 58.0 Å². The van der Waals surface area contributed by atoms with Crippen LogP contribution in [-0.4, -0.2) is 47.2 Å². The van der Waals surface area contributed by atoms with Crippen LogP contribution in [0, 0.1) is 5.92 Å². The third-order valence-electron chi connectivity index (χ3n) is 4.13. The molecule has 0 radical (unpaired) electrons. The Morgan fingerprint density at radius 2 is 1.93 bits per heavy atom. The van der Waals surface area contributed by atoms with Crippen LogP contribution in [0.5, 0.6) is 0 Å². The van der Waals surface area contributed by atoms with Gasteiger partial charge in [0.25, 0.3) is 0 Å². The van der Waals surface area contributed by atoms with Crippen molar-refractivity contribution in [1.29, 1.82) is 0 Å². The lowest BCUT2D eigenvalue weighted by Crippen LogP contribution is -2.42. The van der Waals surface area contributed by atoms with Gasteiger partial charge in [0.15, 0.2) is 5.96 Å². The Morgan fingerprint density at radius 3 is 2.55 bits per heavy atom. The second-order valence-electron chi connectivity index (χ2n) is 7.25. The maximum atomic E-state index is 12.3. The molecular formula is C20H37IN4O3S. The largest absolute Gasteiger partial charge is 0.383 e. The van der Waals surface area contributed by atoms with E-state index in [0.29, 0.717) is 25.1 Å². The van der Waals surface area contributed by atoms with Gasteiger partial charge >= 0.3 is 0 Å². The molecule has 1 rings (SSSR count). The zero-order valence-corrected chi connectivity index (χ0v) is 21.3. The lowest BCUT2D eigenvalue weighted by Gasteiger charge is -2.18. The highest BCUT2D eigenvalue weighted by Gasteiger charge is 2.13. The number of ether oxygens (including phenoxy) is 1. The summed E-state index contributed by atoms with van der Waals surface area (Å²) in [5, 5.41) is 6.66. The number of halogens is 1. The van der Waals surface area contributed by atoms with E-state index in [9.17, 15) is 8.42 Å². The fourth-order valence-electron chi connectivity index (χ4n) is 2.55. The molecule has 3 N–H and O–H groups in total. The van der Waals surface area contributed by atoms with E-state index in [1.54, 1.807) is 18.2 Å². The third-order valence-corrected chi connectivity index (χ3v) is 5.59. The number of nitrogens with zero attached hydrogens (tertiary/aromatic N) is 1. The minimum Gasteiger partial charge on any atom is -0.383 e. The average Bonchev–Trinajstić information content (AvgIpc) is 2.65. The summed E-state index contributed by atoms with van der Waals surface area (Å²) in [4.78, 5) is 4.84. The maximum Gasteiger partial charge on any atom is 0.240 e. The van der Waals surface area contributed by atoms with Gasteiger partial charge in [-0.2, -0.15) is 0 Å². The summed E-state index contributed by atoms with van der Waals surface area (Å²) in [6, 6.07) is 7.17. The molecule has 0 spiro atoms. The van der Waals surface area contributed by atoms with Gasteiger partial charge in [0.2, 0.25) is 10.0 Å². The third kappa shape index (κ3) is 11.8. The second-order valence-corrected chi connectivity index (χ2v) is 9.02. The molecule has 1 aromatic carbocycles. The van der Waals surface area contributed by atoms with Crippen molar-refractivity contribution in [3.8, 4) is 0 Å². The fourth-order valence-corrected chi connectivity index (χ4v) is 3.63. The van der Waals surface area contributed by atoms with Gasteiger partial charge in [-0.05, 0) is 50.3 Å². The summed E-state index contributed by atoms with van der Waals surface area (Å²) in [7, 11) is -2.01. The molecule has 0 fully saturated rings. The highest BCUT2D eigenvalue weighted by atomic mass is 127. The number of nitrogens with one attached hydrogen (secondary N) is 3. The summed E-state index contributed by atoms with van der Waals surface area (Å²) in [5.41, 5.74) is 0.835. The van der Waals surface area contributed by atoms with E-state index < -0.39 is 10.0 Å². The maximum absolute atomic E-state index is 12.3. The quantitative estimate of drug-likeness (QED) is 0.164. The van der Waals surface area contributed by atoms with E-state index in [-0.39, 0.29) is 35.4 Å². The summed E-state index contributed by atoms with van der Waals surface area (Å²) < 4.78 is 32.1. The molecule has 0 aromatic heterocycles. The van der Waals surface area contributed by atoms with Crippen LogP contribution in [0.2, 0.25) is 0 Å². The van der Waals surface area contributed by atoms with Crippen LogP contribution in [0.25, 0.3) is 0 Å². The first-order valence-electron chi connectivity index (χ1n) is 9.90. The lowest BCUT2D eigenvalue weighted by atomic mass is 10.0. The first kappa shape index (κ1) is 28.1. The number of rotatable bonds is 12. The van der Waals surface area contributed by atoms with Crippen molar-refractivity contribution < 1.29 is 13.2 Å². The highest BCUT2D eigenvalue weighted by molar-refractivity contribution is 14.0. The van der Waals surface area contributed by atoms with Crippen LogP contribution in [0.3, 0.4) is 0 Å². The van der Waals surface area contributed by atoms with E-state index in [2.05, 4.69) is 41.1 Å². The molecule has 1 atom stereocenters. The van der Waals surface area contributed by atoms with Gasteiger partial charge in [-0.25, -0.2) is 18.1 Å². The Bertz CT molecular complexity index is 711. The van der Waals surface area contributed by atoms with Gasteiger partial charge < -0.3 is 15.4 Å². The predicted octanol–water partition coefficient (Wildman–Crippen LogP) is 3.11. The molecular weight excluding hydrogens is 503 g/mol. The SMILES string of the molecule is CCNC(=NCc1cccc(S(=O)(=O)NCCOC)c1)NC(C)CCC(C)C.I. The normalized spacial score (nSPS) is 13.1. The van der Waals surface area contributed by atoms with Gasteiger partial charge in [-0.15, -0.1) is 24.0 Å². The smallest absolute Gasteiger partial charge is 0.240 e. The second kappa shape index (κ2) is 15.0. The summed E-state index contributed by atoms with van der Waals surface area (Å²) in [6.45, 7) is 10.3. The molecule has 1 unspecified atom stereocenters. The van der Waals surface area contributed by atoms with E-state index in [0.717, 1.165) is 30.9 Å². The van der Waals surface area contributed by atoms with Crippen molar-refractivity contribution in [2.24, 2.45) is 10.9 Å². The molecule has 0 aliphatic heterocycles. The predicted molar refractivity (Wildman–Crippen MR) is 130 cm³/mol. The monoisotopic (exact) mass is 540 g/mol. The number of guanidine groups is 1. The van der Waals surface area contributed by atoms with Crippen LogP contribution in [0.15, 0.2) is 34.2 Å². The Labute approximate surface area is 193 Å². The van der Waals surface area contributed by atoms with Crippen LogP contribution < -0.4 is 15.4 Å². The molecule has 1 aromatic rings. The summed E-state index contributed by atoms with van der Waals surface area (Å²) in [6.07, 6.45) is 2.23. The van der Waals surface area contributed by atoms with Gasteiger partial charge in [-0.1, -0.05) is 26.0 Å². The van der Waals surface area contributed by atoms with E-state index in [4.69, 9.17) is 4.74 Å². The lowest BCUT2D eigenvalue weighted by molar-refractivity contribution is 0.204. The molecule has 29 heavy (non-hydrogen) atoms. The highest BCUT2D eigenvalue weighted by Crippen LogP contribution is 2.12. The molecule has 0 saturated heterocycles. The van der Waals surface area contributed by atoms with Gasteiger partial charge in [0.05, 0.1) is 18.0 Å². The first-order chi connectivity index (χ1) is 13.3. The number of hydrogen-bond acceptors (Lipinski definition) is 4. The molecule has 0 heterocycles. The molecule has 7 nitrogen and oxygen atoms in total. The van der Waals surface area contributed by atoms with Gasteiger partial charge in [-0.3, -0.25) is 0 Å². The van der Waals surface area contributed by atoms with Gasteiger partial charge in [0.1, 0.15) is 0 Å². The number of hydrogen-bond donors (Lipinski definition) is 3. The van der Waals surface area contributed by atoms with Crippen LogP contribution >= 0.6 is 24.0 Å². The number of methoxy groups -OCH3 is 1. The molecule has 9 heteroatoms. The van der Waals surface area contributed by atoms with Crippen molar-refractivity contribution in [2.75, 3.05) is 26.8 Å². The minimum atomic E-state index is -3.55. The molecule has 0 saturated carbocycles. The van der Waals surface area contributed by atoms with Gasteiger partial charge in [0, 0.05) is 26.2 Å². The zero-order chi connectivity index (χ0) is 21.0. The molecule has 0 aliphatic carbocycles. The van der Waals surface area contributed by atoms with Crippen LogP contribution in [0.4, 0.5) is 0 Å². The Morgan fingerprint density at radius 1 is 1.21 bits per heavy atom. The average molecular weight is 541 g/mol. The Balaban J connectivity index is 0.00000784. The van der Waals surface area contributed by atoms with E-state index >= 15 is 0 Å². The first-order valence-corrected chi connectivity index (χ1v) is 11.4. The number of sulfonamides is 1. The zero-order valence-electron chi connectivity index (χ0n) is 18.2. The topological polar surface area (TPSA) is 91.8 Å². The molecule has 0 amide bonds. The number of benzene rings is 1. The molecule has 0 bridgehead atoms. The van der Waals surface area contributed by atoms with Crippen molar-refractivity contribution in [1.82, 2.24) is 15.4 Å². The summed E-state index contributed by atoms with van der Waals surface area (Å²) in [5.74, 6) is 1.41. The van der Waals surface area contributed by atoms with Crippen LogP contribution in [-0.2, 0) is 21.3 Å². The fraction of sp³-hybridized carbons (Fsp3) is 0.650. The Kier molecular flexibility index (Phi) is 14.5. The summed E-state index contributed by atoms with van der Waals surface area (Å²) >= 11 is 0. The van der Waals surface area contributed by atoms with Crippen molar-refractivity contribution in [3.63, 3.8) is 0 Å². The molecule has 168 valence electrons. The van der Waals surface area contributed by atoms with E-state index in [1.807, 2.05) is 13.0 Å². The standard InChI is InChI=1S/C20H36N4O3S.HI/c1-6-21-20(24-17(4)11-10-16(2)3)22-15-18-8-7-9-19(14-18)28(25,26)23-12-13-27-5;/h7-9,14,16-17,23H,6,10-13,15H2,1-5H3,(H2,21,22,24);1H. The van der Waals surface area contributed by atoms with Crippen molar-refractivity contribution >= 4 is 40.0 Å². The molecule has 0 aliphatic rings.